The van der Waals surface area contributed by atoms with E-state index in [1.54, 1.807) is 29.2 Å². The Morgan fingerprint density at radius 2 is 1.63 bits per heavy atom. The number of rotatable bonds is 4. The fourth-order valence-corrected chi connectivity index (χ4v) is 3.07. The van der Waals surface area contributed by atoms with Gasteiger partial charge in [-0.15, -0.1) is 0 Å². The average Bonchev–Trinajstić information content (AvgIpc) is 3.18. The van der Waals surface area contributed by atoms with Gasteiger partial charge in [0, 0.05) is 30.3 Å². The summed E-state index contributed by atoms with van der Waals surface area (Å²) in [7, 11) is 0. The lowest BCUT2D eigenvalue weighted by atomic mass is 10.1. The fraction of sp³-hybridized carbons (Fsp3) is 0.263. The van der Waals surface area contributed by atoms with Gasteiger partial charge in [0.05, 0.1) is 16.3 Å². The Hall–Kier alpha value is -3.42. The van der Waals surface area contributed by atoms with Crippen LogP contribution in [0.3, 0.4) is 0 Å². The number of amides is 3. The van der Waals surface area contributed by atoms with Crippen LogP contribution in [0.4, 0.5) is 21.9 Å². The van der Waals surface area contributed by atoms with Crippen molar-refractivity contribution in [3.63, 3.8) is 0 Å². The molecule has 1 heterocycles. The third kappa shape index (κ3) is 4.05. The first-order chi connectivity index (χ1) is 13.0. The lowest BCUT2D eigenvalue weighted by molar-refractivity contribution is -0.385. The van der Waals surface area contributed by atoms with Gasteiger partial charge in [-0.25, -0.2) is 4.79 Å². The predicted octanol–water partition coefficient (Wildman–Crippen LogP) is 3.78. The summed E-state index contributed by atoms with van der Waals surface area (Å²) in [4.78, 5) is 37.3. The largest absolute Gasteiger partial charge is 0.325 e. The number of nitro benzene ring substituents is 1. The third-order valence-electron chi connectivity index (χ3n) is 4.56. The molecule has 3 rings (SSSR count). The zero-order valence-electron chi connectivity index (χ0n) is 14.9. The highest BCUT2D eigenvalue weighted by Gasteiger charge is 2.21. The Bertz CT molecular complexity index is 891. The molecule has 3 amide bonds. The van der Waals surface area contributed by atoms with E-state index < -0.39 is 10.8 Å². The van der Waals surface area contributed by atoms with Gasteiger partial charge in [-0.05, 0) is 38.0 Å². The van der Waals surface area contributed by atoms with Crippen LogP contribution in [-0.2, 0) is 0 Å². The molecule has 0 saturated carbocycles. The lowest BCUT2D eigenvalue weighted by Crippen LogP contribution is -2.32. The molecule has 0 aliphatic carbocycles. The molecule has 8 nitrogen and oxygen atoms in total. The van der Waals surface area contributed by atoms with E-state index in [1.807, 2.05) is 0 Å². The highest BCUT2D eigenvalue weighted by atomic mass is 16.6. The molecule has 8 heteroatoms. The van der Waals surface area contributed by atoms with Crippen LogP contribution in [0, 0.1) is 17.0 Å². The minimum absolute atomic E-state index is 0.113. The van der Waals surface area contributed by atoms with Crippen molar-refractivity contribution in [1.29, 1.82) is 0 Å². The van der Waals surface area contributed by atoms with Crippen molar-refractivity contribution in [2.45, 2.75) is 19.8 Å². The number of nitro groups is 1. The van der Waals surface area contributed by atoms with Gasteiger partial charge in [-0.2, -0.15) is 0 Å². The van der Waals surface area contributed by atoms with E-state index in [1.165, 1.54) is 25.1 Å². The van der Waals surface area contributed by atoms with Gasteiger partial charge in [0.1, 0.15) is 0 Å². The Labute approximate surface area is 156 Å². The number of hydrogen-bond acceptors (Lipinski definition) is 4. The first-order valence-electron chi connectivity index (χ1n) is 8.67. The first-order valence-corrected chi connectivity index (χ1v) is 8.67. The molecular weight excluding hydrogens is 348 g/mol. The number of nitrogens with zero attached hydrogens (tertiary/aromatic N) is 2. The number of carbonyl (C=O) groups excluding carboxylic acids is 2. The van der Waals surface area contributed by atoms with Crippen molar-refractivity contribution in [2.24, 2.45) is 0 Å². The van der Waals surface area contributed by atoms with Gasteiger partial charge in [0.25, 0.3) is 11.6 Å². The summed E-state index contributed by atoms with van der Waals surface area (Å²) in [5.74, 6) is -0.473. The van der Waals surface area contributed by atoms with E-state index in [4.69, 9.17) is 0 Å². The van der Waals surface area contributed by atoms with Gasteiger partial charge >= 0.3 is 6.03 Å². The molecule has 2 N–H and O–H groups in total. The second kappa shape index (κ2) is 7.86. The summed E-state index contributed by atoms with van der Waals surface area (Å²) in [6.07, 6.45) is 1.97. The van der Waals surface area contributed by atoms with E-state index in [2.05, 4.69) is 10.6 Å². The molecule has 1 aliphatic rings. The van der Waals surface area contributed by atoms with Crippen LogP contribution in [0.5, 0.6) is 0 Å². The second-order valence-electron chi connectivity index (χ2n) is 6.33. The van der Waals surface area contributed by atoms with Crippen LogP contribution >= 0.6 is 0 Å². The minimum atomic E-state index is -0.518. The summed E-state index contributed by atoms with van der Waals surface area (Å²) < 4.78 is 0. The summed E-state index contributed by atoms with van der Waals surface area (Å²) in [6, 6.07) is 11.0. The van der Waals surface area contributed by atoms with Crippen LogP contribution in [0.1, 0.15) is 28.8 Å². The molecule has 27 heavy (non-hydrogen) atoms. The van der Waals surface area contributed by atoms with Crippen LogP contribution in [0.25, 0.3) is 0 Å². The maximum Gasteiger partial charge on any atom is 0.321 e. The molecule has 0 spiro atoms. The van der Waals surface area contributed by atoms with Crippen LogP contribution in [-0.4, -0.2) is 34.9 Å². The fourth-order valence-electron chi connectivity index (χ4n) is 3.07. The zero-order chi connectivity index (χ0) is 19.4. The molecule has 1 fully saturated rings. The number of nitrogens with one attached hydrogen (secondary N) is 2. The van der Waals surface area contributed by atoms with Gasteiger partial charge in [0.15, 0.2) is 0 Å². The van der Waals surface area contributed by atoms with Crippen LogP contribution in [0.15, 0.2) is 42.5 Å². The molecule has 0 aromatic heterocycles. The molecular formula is C19H20N4O4. The monoisotopic (exact) mass is 368 g/mol. The molecule has 0 unspecified atom stereocenters. The topological polar surface area (TPSA) is 105 Å². The molecule has 0 radical (unpaired) electrons. The highest BCUT2D eigenvalue weighted by molar-refractivity contribution is 6.08. The smallest absolute Gasteiger partial charge is 0.321 e. The van der Waals surface area contributed by atoms with E-state index in [-0.39, 0.29) is 17.3 Å². The molecule has 1 saturated heterocycles. The SMILES string of the molecule is Cc1c(C(=O)Nc2ccccc2NC(=O)N2CCCC2)cccc1[N+](=O)[O-]. The number of benzene rings is 2. The average molecular weight is 368 g/mol. The number of hydrogen-bond donors (Lipinski definition) is 2. The normalized spacial score (nSPS) is 13.3. The van der Waals surface area contributed by atoms with Crippen molar-refractivity contribution in [3.05, 3.63) is 63.7 Å². The number of likely N-dealkylation sites (tertiary alicyclic amines) is 1. The summed E-state index contributed by atoms with van der Waals surface area (Å²) >= 11 is 0. The van der Waals surface area contributed by atoms with E-state index in [0.717, 1.165) is 12.8 Å². The van der Waals surface area contributed by atoms with E-state index in [9.17, 15) is 19.7 Å². The maximum absolute atomic E-state index is 12.6. The zero-order valence-corrected chi connectivity index (χ0v) is 14.9. The highest BCUT2D eigenvalue weighted by Crippen LogP contribution is 2.25. The van der Waals surface area contributed by atoms with Crippen molar-refractivity contribution in [3.8, 4) is 0 Å². The number of anilines is 2. The molecule has 0 bridgehead atoms. The molecule has 1 aliphatic heterocycles. The number of carbonyl (C=O) groups is 2. The van der Waals surface area contributed by atoms with E-state index >= 15 is 0 Å². The lowest BCUT2D eigenvalue weighted by Gasteiger charge is -2.18. The molecule has 2 aromatic rings. The minimum Gasteiger partial charge on any atom is -0.325 e. The Morgan fingerprint density at radius 3 is 2.26 bits per heavy atom. The summed E-state index contributed by atoms with van der Waals surface area (Å²) in [5.41, 5.74) is 1.30. The van der Waals surface area contributed by atoms with Crippen molar-refractivity contribution in [1.82, 2.24) is 4.90 Å². The second-order valence-corrected chi connectivity index (χ2v) is 6.33. The predicted molar refractivity (Wildman–Crippen MR) is 102 cm³/mol. The van der Waals surface area contributed by atoms with E-state index in [0.29, 0.717) is 30.0 Å². The Kier molecular flexibility index (Phi) is 5.35. The van der Waals surface area contributed by atoms with Gasteiger partial charge in [-0.3, -0.25) is 14.9 Å². The summed E-state index contributed by atoms with van der Waals surface area (Å²) in [5, 5.41) is 16.6. The molecule has 140 valence electrons. The van der Waals surface area contributed by atoms with Crippen molar-refractivity contribution in [2.75, 3.05) is 23.7 Å². The van der Waals surface area contributed by atoms with Crippen LogP contribution < -0.4 is 10.6 Å². The van der Waals surface area contributed by atoms with Crippen molar-refractivity contribution >= 4 is 29.0 Å². The standard InChI is InChI=1S/C19H20N4O4/c1-13-14(7-6-10-17(13)23(26)27)18(24)20-15-8-2-3-9-16(15)21-19(25)22-11-4-5-12-22/h2-3,6-10H,4-5,11-12H2,1H3,(H,20,24)(H,21,25). The maximum atomic E-state index is 12.6. The number of para-hydroxylation sites is 2. The van der Waals surface area contributed by atoms with Gasteiger partial charge in [-0.1, -0.05) is 18.2 Å². The first kappa shape index (κ1) is 18.4. The quantitative estimate of drug-likeness (QED) is 0.633. The van der Waals surface area contributed by atoms with Gasteiger partial charge in [0.2, 0.25) is 0 Å². The number of urea groups is 1. The molecule has 0 atom stereocenters. The molecule has 2 aromatic carbocycles. The summed E-state index contributed by atoms with van der Waals surface area (Å²) in [6.45, 7) is 2.97. The van der Waals surface area contributed by atoms with Crippen molar-refractivity contribution < 1.29 is 14.5 Å². The van der Waals surface area contributed by atoms with Crippen LogP contribution in [0.2, 0.25) is 0 Å². The Morgan fingerprint density at radius 1 is 1.00 bits per heavy atom. The third-order valence-corrected chi connectivity index (χ3v) is 4.56. The Balaban J connectivity index is 1.80. The van der Waals surface area contributed by atoms with Gasteiger partial charge < -0.3 is 15.5 Å².